The molecule has 0 atom stereocenters. The maximum atomic E-state index is 12.0. The Morgan fingerprint density at radius 2 is 1.56 bits per heavy atom. The van der Waals surface area contributed by atoms with Gasteiger partial charge in [0.1, 0.15) is 5.75 Å². The Bertz CT molecular complexity index is 777. The van der Waals surface area contributed by atoms with Gasteiger partial charge >= 0.3 is 5.97 Å². The molecule has 2 rings (SSSR count). The predicted molar refractivity (Wildman–Crippen MR) is 97.2 cm³/mol. The molecule has 7 heteroatoms. The zero-order chi connectivity index (χ0) is 18.4. The van der Waals surface area contributed by atoms with E-state index in [1.165, 1.54) is 39.5 Å². The van der Waals surface area contributed by atoms with Crippen LogP contribution in [0.4, 0.5) is 0 Å². The lowest BCUT2D eigenvalue weighted by atomic mass is 10.1. The van der Waals surface area contributed by atoms with Crippen LogP contribution in [0.15, 0.2) is 36.4 Å². The summed E-state index contributed by atoms with van der Waals surface area (Å²) in [6, 6.07) is 8.02. The SMILES string of the molecule is COc1cc(/C=C/C(=O)Oc2ccc(Cl)cc2Cl)cc(OC)c1OC. The third kappa shape index (κ3) is 4.81. The molecule has 0 radical (unpaired) electrons. The molecule has 0 fully saturated rings. The Kier molecular flexibility index (Phi) is 6.56. The van der Waals surface area contributed by atoms with Gasteiger partial charge in [0.05, 0.1) is 26.4 Å². The van der Waals surface area contributed by atoms with Gasteiger partial charge in [0.15, 0.2) is 11.5 Å². The molecule has 0 N–H and O–H groups in total. The third-order valence-corrected chi connectivity index (χ3v) is 3.73. The molecule has 0 bridgehead atoms. The molecule has 0 saturated heterocycles. The molecule has 0 aliphatic rings. The minimum absolute atomic E-state index is 0.227. The number of halogens is 2. The number of esters is 1. The summed E-state index contributed by atoms with van der Waals surface area (Å²) in [7, 11) is 4.55. The van der Waals surface area contributed by atoms with Crippen LogP contribution in [-0.4, -0.2) is 27.3 Å². The van der Waals surface area contributed by atoms with Crippen molar-refractivity contribution in [2.75, 3.05) is 21.3 Å². The molecule has 5 nitrogen and oxygen atoms in total. The minimum Gasteiger partial charge on any atom is -0.493 e. The van der Waals surface area contributed by atoms with E-state index in [1.807, 2.05) is 0 Å². The van der Waals surface area contributed by atoms with Crippen LogP contribution in [0.1, 0.15) is 5.56 Å². The first kappa shape index (κ1) is 19.0. The number of hydrogen-bond donors (Lipinski definition) is 0. The molecule has 0 aliphatic heterocycles. The van der Waals surface area contributed by atoms with Crippen molar-refractivity contribution in [2.45, 2.75) is 0 Å². The summed E-state index contributed by atoms with van der Waals surface area (Å²) in [6.45, 7) is 0. The summed E-state index contributed by atoms with van der Waals surface area (Å²) in [5.41, 5.74) is 0.675. The van der Waals surface area contributed by atoms with Gasteiger partial charge in [-0.05, 0) is 42.0 Å². The highest BCUT2D eigenvalue weighted by Crippen LogP contribution is 2.38. The first-order chi connectivity index (χ1) is 12.0. The highest BCUT2D eigenvalue weighted by atomic mass is 35.5. The van der Waals surface area contributed by atoms with Gasteiger partial charge in [0.2, 0.25) is 5.75 Å². The fourth-order valence-electron chi connectivity index (χ4n) is 2.06. The number of methoxy groups -OCH3 is 3. The molecule has 2 aromatic carbocycles. The molecule has 25 heavy (non-hydrogen) atoms. The van der Waals surface area contributed by atoms with E-state index in [1.54, 1.807) is 24.3 Å². The number of rotatable bonds is 6. The lowest BCUT2D eigenvalue weighted by molar-refractivity contribution is -0.128. The van der Waals surface area contributed by atoms with Gasteiger partial charge in [0.25, 0.3) is 0 Å². The molecule has 132 valence electrons. The van der Waals surface area contributed by atoms with E-state index in [0.29, 0.717) is 27.8 Å². The second-order valence-corrected chi connectivity index (χ2v) is 5.63. The van der Waals surface area contributed by atoms with Crippen molar-refractivity contribution in [1.82, 2.24) is 0 Å². The molecule has 0 aliphatic carbocycles. The molecule has 0 amide bonds. The average Bonchev–Trinajstić information content (AvgIpc) is 2.61. The van der Waals surface area contributed by atoms with Gasteiger partial charge < -0.3 is 18.9 Å². The molecule has 0 unspecified atom stereocenters. The van der Waals surface area contributed by atoms with Crippen LogP contribution >= 0.6 is 23.2 Å². The number of benzene rings is 2. The highest BCUT2D eigenvalue weighted by Gasteiger charge is 2.12. The Hall–Kier alpha value is -2.37. The van der Waals surface area contributed by atoms with Gasteiger partial charge in [-0.15, -0.1) is 0 Å². The summed E-state index contributed by atoms with van der Waals surface area (Å²) in [5, 5.41) is 0.708. The fourth-order valence-corrected chi connectivity index (χ4v) is 2.51. The zero-order valence-corrected chi connectivity index (χ0v) is 15.4. The van der Waals surface area contributed by atoms with Crippen LogP contribution in [0.5, 0.6) is 23.0 Å². The van der Waals surface area contributed by atoms with Gasteiger partial charge in [-0.25, -0.2) is 4.79 Å². The maximum absolute atomic E-state index is 12.0. The van der Waals surface area contributed by atoms with Crippen LogP contribution in [0.2, 0.25) is 10.0 Å². The van der Waals surface area contributed by atoms with E-state index in [0.717, 1.165) is 0 Å². The molecule has 0 aromatic heterocycles. The van der Waals surface area contributed by atoms with Crippen LogP contribution in [0.3, 0.4) is 0 Å². The molecular weight excluding hydrogens is 367 g/mol. The van der Waals surface area contributed by atoms with E-state index >= 15 is 0 Å². The van der Waals surface area contributed by atoms with Crippen molar-refractivity contribution in [3.63, 3.8) is 0 Å². The van der Waals surface area contributed by atoms with Gasteiger partial charge in [-0.3, -0.25) is 0 Å². The standard InChI is InChI=1S/C18H16Cl2O5/c1-22-15-8-11(9-16(23-2)18(15)24-3)4-7-17(21)25-14-6-5-12(19)10-13(14)20/h4-10H,1-3H3/b7-4+. The summed E-state index contributed by atoms with van der Waals surface area (Å²) < 4.78 is 21.0. The van der Waals surface area contributed by atoms with Crippen LogP contribution in [0, 0.1) is 0 Å². The number of ether oxygens (including phenoxy) is 4. The van der Waals surface area contributed by atoms with E-state index in [-0.39, 0.29) is 10.8 Å². The average molecular weight is 383 g/mol. The van der Waals surface area contributed by atoms with E-state index in [9.17, 15) is 4.79 Å². The number of carbonyl (C=O) groups excluding carboxylic acids is 1. The van der Waals surface area contributed by atoms with Crippen molar-refractivity contribution in [1.29, 1.82) is 0 Å². The molecule has 0 spiro atoms. The van der Waals surface area contributed by atoms with Crippen LogP contribution in [0.25, 0.3) is 6.08 Å². The van der Waals surface area contributed by atoms with Crippen molar-refractivity contribution in [3.05, 3.63) is 52.0 Å². The Balaban J connectivity index is 2.19. The quantitative estimate of drug-likeness (QED) is 0.413. The summed E-state index contributed by atoms with van der Waals surface area (Å²) in [6.07, 6.45) is 2.84. The first-order valence-electron chi connectivity index (χ1n) is 7.13. The zero-order valence-electron chi connectivity index (χ0n) is 13.8. The summed E-state index contributed by atoms with van der Waals surface area (Å²) in [4.78, 5) is 12.0. The van der Waals surface area contributed by atoms with Crippen molar-refractivity contribution in [3.8, 4) is 23.0 Å². The summed E-state index contributed by atoms with van der Waals surface area (Å²) >= 11 is 11.8. The van der Waals surface area contributed by atoms with E-state index in [2.05, 4.69) is 0 Å². The molecular formula is C18H16Cl2O5. The third-order valence-electron chi connectivity index (χ3n) is 3.20. The molecule has 2 aromatic rings. The fraction of sp³-hybridized carbons (Fsp3) is 0.167. The van der Waals surface area contributed by atoms with Crippen LogP contribution in [-0.2, 0) is 4.79 Å². The van der Waals surface area contributed by atoms with E-state index in [4.69, 9.17) is 42.1 Å². The second kappa shape index (κ2) is 8.65. The minimum atomic E-state index is -0.585. The van der Waals surface area contributed by atoms with Crippen molar-refractivity contribution < 1.29 is 23.7 Å². The van der Waals surface area contributed by atoms with Gasteiger partial charge in [-0.2, -0.15) is 0 Å². The van der Waals surface area contributed by atoms with E-state index < -0.39 is 5.97 Å². The van der Waals surface area contributed by atoms with Crippen LogP contribution < -0.4 is 18.9 Å². The predicted octanol–water partition coefficient (Wildman–Crippen LogP) is 4.64. The Morgan fingerprint density at radius 1 is 0.920 bits per heavy atom. The molecule has 0 saturated carbocycles. The monoisotopic (exact) mass is 382 g/mol. The van der Waals surface area contributed by atoms with Gasteiger partial charge in [0, 0.05) is 11.1 Å². The van der Waals surface area contributed by atoms with Crippen molar-refractivity contribution in [2.24, 2.45) is 0 Å². The lowest BCUT2D eigenvalue weighted by Crippen LogP contribution is -2.04. The lowest BCUT2D eigenvalue weighted by Gasteiger charge is -2.12. The second-order valence-electron chi connectivity index (χ2n) is 4.79. The largest absolute Gasteiger partial charge is 0.493 e. The Morgan fingerprint density at radius 3 is 2.08 bits per heavy atom. The number of hydrogen-bond acceptors (Lipinski definition) is 5. The highest BCUT2D eigenvalue weighted by molar-refractivity contribution is 6.35. The summed E-state index contributed by atoms with van der Waals surface area (Å²) in [5.74, 6) is 1.08. The van der Waals surface area contributed by atoms with Gasteiger partial charge in [-0.1, -0.05) is 23.2 Å². The Labute approximate surface area is 155 Å². The number of carbonyl (C=O) groups is 1. The smallest absolute Gasteiger partial charge is 0.336 e. The van der Waals surface area contributed by atoms with Crippen molar-refractivity contribution >= 4 is 35.2 Å². The molecule has 0 heterocycles. The first-order valence-corrected chi connectivity index (χ1v) is 7.89. The normalized spacial score (nSPS) is 10.6. The topological polar surface area (TPSA) is 54.0 Å². The maximum Gasteiger partial charge on any atom is 0.336 e.